The predicted molar refractivity (Wildman–Crippen MR) is 117 cm³/mol. The van der Waals surface area contributed by atoms with Crippen LogP contribution in [-0.4, -0.2) is 59.8 Å². The van der Waals surface area contributed by atoms with Crippen molar-refractivity contribution in [2.75, 3.05) is 26.8 Å². The molecule has 9 nitrogen and oxygen atoms in total. The number of carbonyl (C=O) groups excluding carboxylic acids is 2. The molecular formula is C21H24N4O5S. The number of ether oxygens (including phenoxy) is 3. The van der Waals surface area contributed by atoms with Gasteiger partial charge in [-0.25, -0.2) is 0 Å². The molecule has 10 heteroatoms. The first-order valence-corrected chi connectivity index (χ1v) is 10.1. The number of nitrogens with zero attached hydrogens (tertiary/aromatic N) is 2. The maximum atomic E-state index is 12.3. The Morgan fingerprint density at radius 3 is 2.45 bits per heavy atom. The molecule has 2 aromatic rings. The number of nitrogens with one attached hydrogen (secondary N) is 2. The topological polar surface area (TPSA) is 114 Å². The third-order valence-corrected chi connectivity index (χ3v) is 4.57. The van der Waals surface area contributed by atoms with Gasteiger partial charge in [-0.2, -0.15) is 4.98 Å². The van der Waals surface area contributed by atoms with Crippen molar-refractivity contribution in [2.45, 2.75) is 19.4 Å². The number of hydrogen-bond acceptors (Lipinski definition) is 7. The Bertz CT molecular complexity index is 963. The maximum absolute atomic E-state index is 12.3. The van der Waals surface area contributed by atoms with Crippen LogP contribution < -0.4 is 14.8 Å². The lowest BCUT2D eigenvalue weighted by Gasteiger charge is -2.30. The smallest absolute Gasteiger partial charge is 0.257 e. The number of carbonyl (C=O) groups is 2. The molecule has 2 heterocycles. The van der Waals surface area contributed by atoms with Gasteiger partial charge in [0.25, 0.3) is 11.8 Å². The number of amidine groups is 1. The van der Waals surface area contributed by atoms with Crippen molar-refractivity contribution >= 4 is 29.6 Å². The number of thiol groups is 1. The standard InChI is InChI=1S/C21H24N4O5S/c1-13(12-28-2)29-17-10-15(19(26)24-21(22)31)11-18(23-17)30-16-6-4-14(5-7-16)20(27)25-8-3-9-25/h4-7,10-11,13H,3,8-9,12H2,1-2H3,(H3,22,24,26,31)/t13-/m1/s1. The highest BCUT2D eigenvalue weighted by Gasteiger charge is 2.21. The zero-order valence-corrected chi connectivity index (χ0v) is 18.1. The van der Waals surface area contributed by atoms with Crippen molar-refractivity contribution in [1.29, 1.82) is 5.41 Å². The molecule has 1 aromatic heterocycles. The Balaban J connectivity index is 1.80. The summed E-state index contributed by atoms with van der Waals surface area (Å²) in [5, 5.41) is 9.35. The highest BCUT2D eigenvalue weighted by molar-refractivity contribution is 7.96. The molecule has 1 saturated heterocycles. The van der Waals surface area contributed by atoms with Gasteiger partial charge in [0, 0.05) is 37.9 Å². The number of aromatic nitrogens is 1. The van der Waals surface area contributed by atoms with Crippen LogP contribution in [0.25, 0.3) is 0 Å². The summed E-state index contributed by atoms with van der Waals surface area (Å²) in [6.07, 6.45) is 0.724. The molecule has 0 aliphatic carbocycles. The van der Waals surface area contributed by atoms with Crippen LogP contribution in [0.3, 0.4) is 0 Å². The lowest BCUT2D eigenvalue weighted by atomic mass is 10.1. The molecule has 1 aliphatic rings. The van der Waals surface area contributed by atoms with Gasteiger partial charge in [-0.15, -0.1) is 12.6 Å². The number of methoxy groups -OCH3 is 1. The van der Waals surface area contributed by atoms with E-state index in [0.717, 1.165) is 19.5 Å². The molecule has 2 N–H and O–H groups in total. The first-order valence-electron chi connectivity index (χ1n) is 9.69. The zero-order chi connectivity index (χ0) is 22.4. The maximum Gasteiger partial charge on any atom is 0.257 e. The summed E-state index contributed by atoms with van der Waals surface area (Å²) in [4.78, 5) is 30.7. The summed E-state index contributed by atoms with van der Waals surface area (Å²) in [6.45, 7) is 3.70. The Kier molecular flexibility index (Phi) is 7.48. The van der Waals surface area contributed by atoms with Crippen molar-refractivity contribution in [2.24, 2.45) is 0 Å². The first-order chi connectivity index (χ1) is 14.9. The van der Waals surface area contributed by atoms with E-state index in [1.54, 1.807) is 43.2 Å². The lowest BCUT2D eigenvalue weighted by Crippen LogP contribution is -2.41. The number of rotatable bonds is 8. The fraction of sp³-hybridized carbons (Fsp3) is 0.333. The van der Waals surface area contributed by atoms with E-state index < -0.39 is 5.91 Å². The molecule has 1 fully saturated rings. The Labute approximate surface area is 185 Å². The molecule has 1 atom stereocenters. The minimum absolute atomic E-state index is 0.00777. The summed E-state index contributed by atoms with van der Waals surface area (Å²) >= 11 is 3.78. The molecule has 1 aliphatic heterocycles. The molecule has 0 spiro atoms. The van der Waals surface area contributed by atoms with Gasteiger partial charge in [-0.1, -0.05) is 0 Å². The van der Waals surface area contributed by atoms with Gasteiger partial charge in [-0.05, 0) is 37.6 Å². The molecule has 2 amide bonds. The van der Waals surface area contributed by atoms with Crippen molar-refractivity contribution in [1.82, 2.24) is 15.2 Å². The second-order valence-electron chi connectivity index (χ2n) is 6.99. The molecule has 0 radical (unpaired) electrons. The quantitative estimate of drug-likeness (QED) is 0.328. The summed E-state index contributed by atoms with van der Waals surface area (Å²) in [6, 6.07) is 9.58. The number of amides is 2. The number of benzene rings is 1. The Hall–Kier alpha value is -3.11. The van der Waals surface area contributed by atoms with E-state index >= 15 is 0 Å². The van der Waals surface area contributed by atoms with Crippen molar-refractivity contribution < 1.29 is 23.8 Å². The fourth-order valence-corrected chi connectivity index (χ4v) is 2.97. The summed E-state index contributed by atoms with van der Waals surface area (Å²) < 4.78 is 16.6. The van der Waals surface area contributed by atoms with E-state index in [-0.39, 0.29) is 34.5 Å². The summed E-state index contributed by atoms with van der Waals surface area (Å²) in [7, 11) is 1.56. The minimum atomic E-state index is -0.549. The molecule has 0 unspecified atom stereocenters. The van der Waals surface area contributed by atoms with Gasteiger partial charge < -0.3 is 24.4 Å². The number of likely N-dealkylation sites (tertiary alicyclic amines) is 1. The second-order valence-corrected chi connectivity index (χ2v) is 7.44. The lowest BCUT2D eigenvalue weighted by molar-refractivity contribution is 0.0651. The molecular weight excluding hydrogens is 420 g/mol. The van der Waals surface area contributed by atoms with E-state index in [2.05, 4.69) is 22.9 Å². The van der Waals surface area contributed by atoms with Crippen LogP contribution in [0, 0.1) is 5.41 Å². The third kappa shape index (κ3) is 6.19. The van der Waals surface area contributed by atoms with Crippen LogP contribution in [0.4, 0.5) is 0 Å². The van der Waals surface area contributed by atoms with Crippen molar-refractivity contribution in [3.8, 4) is 17.5 Å². The highest BCUT2D eigenvalue weighted by Crippen LogP contribution is 2.25. The van der Waals surface area contributed by atoms with Crippen LogP contribution in [0.2, 0.25) is 0 Å². The highest BCUT2D eigenvalue weighted by atomic mass is 32.1. The van der Waals surface area contributed by atoms with Crippen LogP contribution in [0.15, 0.2) is 36.4 Å². The molecule has 0 saturated carbocycles. The predicted octanol–water partition coefficient (Wildman–Crippen LogP) is 2.73. The third-order valence-electron chi connectivity index (χ3n) is 4.46. The van der Waals surface area contributed by atoms with Crippen LogP contribution in [0.5, 0.6) is 17.5 Å². The van der Waals surface area contributed by atoms with E-state index in [0.29, 0.717) is 17.9 Å². The molecule has 31 heavy (non-hydrogen) atoms. The van der Waals surface area contributed by atoms with E-state index in [4.69, 9.17) is 19.6 Å². The minimum Gasteiger partial charge on any atom is -0.472 e. The molecule has 3 rings (SSSR count). The fourth-order valence-electron chi connectivity index (χ4n) is 2.87. The van der Waals surface area contributed by atoms with Crippen molar-refractivity contribution in [3.05, 3.63) is 47.5 Å². The number of pyridine rings is 1. The van der Waals surface area contributed by atoms with Gasteiger partial charge >= 0.3 is 0 Å². The van der Waals surface area contributed by atoms with Crippen LogP contribution in [0.1, 0.15) is 34.1 Å². The Morgan fingerprint density at radius 2 is 1.87 bits per heavy atom. The molecule has 1 aromatic carbocycles. The monoisotopic (exact) mass is 444 g/mol. The van der Waals surface area contributed by atoms with Gasteiger partial charge in [0.15, 0.2) is 5.17 Å². The molecule has 164 valence electrons. The van der Waals surface area contributed by atoms with Crippen LogP contribution >= 0.6 is 12.6 Å². The normalized spacial score (nSPS) is 13.7. The van der Waals surface area contributed by atoms with E-state index in [9.17, 15) is 9.59 Å². The average Bonchev–Trinajstić information content (AvgIpc) is 2.66. The average molecular weight is 445 g/mol. The van der Waals surface area contributed by atoms with Gasteiger partial charge in [0.05, 0.1) is 12.2 Å². The number of hydrogen-bond donors (Lipinski definition) is 3. The zero-order valence-electron chi connectivity index (χ0n) is 17.3. The first kappa shape index (κ1) is 22.6. The second kappa shape index (κ2) is 10.3. The van der Waals surface area contributed by atoms with E-state index in [1.807, 2.05) is 0 Å². The summed E-state index contributed by atoms with van der Waals surface area (Å²) in [5.41, 5.74) is 0.769. The van der Waals surface area contributed by atoms with Gasteiger partial charge in [0.1, 0.15) is 11.9 Å². The largest absolute Gasteiger partial charge is 0.472 e. The van der Waals surface area contributed by atoms with Crippen LogP contribution in [-0.2, 0) is 4.74 Å². The summed E-state index contributed by atoms with van der Waals surface area (Å²) in [5.74, 6) is 0.184. The van der Waals surface area contributed by atoms with E-state index in [1.165, 1.54) is 12.1 Å². The van der Waals surface area contributed by atoms with Gasteiger partial charge in [0.2, 0.25) is 11.8 Å². The van der Waals surface area contributed by atoms with Crippen molar-refractivity contribution in [3.63, 3.8) is 0 Å². The SMILES string of the molecule is COC[C@@H](C)Oc1cc(C(=O)NC(=N)S)cc(Oc2ccc(C(=O)N3CCC3)cc2)n1. The van der Waals surface area contributed by atoms with Gasteiger partial charge in [-0.3, -0.25) is 15.0 Å². The Morgan fingerprint density at radius 1 is 1.19 bits per heavy atom. The molecule has 0 bridgehead atoms.